The zero-order valence-corrected chi connectivity index (χ0v) is 14.6. The van der Waals surface area contributed by atoms with Gasteiger partial charge in [-0.25, -0.2) is 9.37 Å². The number of amidine groups is 1. The highest BCUT2D eigenvalue weighted by molar-refractivity contribution is 6.23. The largest absolute Gasteiger partial charge is 0.416 e. The zero-order valence-electron chi connectivity index (χ0n) is 14.6. The van der Waals surface area contributed by atoms with Crippen LogP contribution in [0.15, 0.2) is 22.2 Å². The number of imide groups is 1. The van der Waals surface area contributed by atoms with Gasteiger partial charge in [-0.15, -0.1) is 10.1 Å². The number of rotatable bonds is 4. The summed E-state index contributed by atoms with van der Waals surface area (Å²) in [5.41, 5.74) is 1.68. The molecule has 3 amide bonds. The maximum absolute atomic E-state index is 13.0. The molecule has 0 aromatic carbocycles. The molecule has 0 aromatic heterocycles. The van der Waals surface area contributed by atoms with E-state index in [4.69, 9.17) is 0 Å². The quantitative estimate of drug-likeness (QED) is 0.562. The molecule has 1 fully saturated rings. The maximum Gasteiger partial charge on any atom is 0.416 e. The van der Waals surface area contributed by atoms with Gasteiger partial charge in [0, 0.05) is 7.05 Å². The van der Waals surface area contributed by atoms with E-state index in [1.807, 2.05) is 16.5 Å². The van der Waals surface area contributed by atoms with E-state index in [-0.39, 0.29) is 18.5 Å². The van der Waals surface area contributed by atoms with Gasteiger partial charge in [0.15, 0.2) is 0 Å². The topological polar surface area (TPSA) is 71.6 Å². The highest BCUT2D eigenvalue weighted by atomic mass is 16.2. The second kappa shape index (κ2) is 5.85. The molecule has 3 heterocycles. The van der Waals surface area contributed by atoms with E-state index in [0.29, 0.717) is 24.9 Å². The lowest BCUT2D eigenvalue weighted by molar-refractivity contribution is -0.527. The van der Waals surface area contributed by atoms with Crippen LogP contribution in [-0.4, -0.2) is 81.6 Å². The molecule has 1 saturated heterocycles. The second-order valence-electron chi connectivity index (χ2n) is 6.48. The number of amides is 3. The smallest absolute Gasteiger partial charge is 0.270 e. The number of carbonyl (C=O) groups is 2. The van der Waals surface area contributed by atoms with Crippen molar-refractivity contribution in [3.8, 4) is 0 Å². The predicted molar refractivity (Wildman–Crippen MR) is 91.1 cm³/mol. The first kappa shape index (κ1) is 16.4. The molecule has 128 valence electrons. The van der Waals surface area contributed by atoms with Crippen molar-refractivity contribution in [1.29, 1.82) is 0 Å². The molecule has 3 aliphatic rings. The number of nitrogens with zero attached hydrogens (tertiary/aromatic N) is 6. The molecular weight excluding hydrogens is 308 g/mol. The fourth-order valence-corrected chi connectivity index (χ4v) is 3.18. The molecule has 24 heavy (non-hydrogen) atoms. The van der Waals surface area contributed by atoms with E-state index >= 15 is 0 Å². The fraction of sp³-hybridized carbons (Fsp3) is 0.562. The van der Waals surface area contributed by atoms with E-state index in [1.54, 1.807) is 14.0 Å². The van der Waals surface area contributed by atoms with Gasteiger partial charge in [-0.05, 0) is 20.3 Å². The van der Waals surface area contributed by atoms with Crippen molar-refractivity contribution in [2.45, 2.75) is 33.2 Å². The van der Waals surface area contributed by atoms with Crippen LogP contribution in [0.1, 0.15) is 27.2 Å². The van der Waals surface area contributed by atoms with Gasteiger partial charge >= 0.3 is 12.0 Å². The SMILES string of the molecule is C=C(C)CN1C(=O)C2C(=NC3=[N+]2CC(C)=NN3CCC)N(C)C1=O. The summed E-state index contributed by atoms with van der Waals surface area (Å²) in [6.07, 6.45) is 0.911. The van der Waals surface area contributed by atoms with Crippen molar-refractivity contribution in [3.05, 3.63) is 12.2 Å². The lowest BCUT2D eigenvalue weighted by atomic mass is 10.1. The first-order valence-corrected chi connectivity index (χ1v) is 8.12. The molecular formula is C16H23N6O2+. The standard InChI is InChI=1S/C16H23N6O2/c1-6-7-22-15-17-13-12(20(15)9-11(4)18-22)14(23)21(8-10(2)3)16(24)19(13)5/h12H,2,6-9H2,1,3-5H3/q+1. The average Bonchev–Trinajstić information content (AvgIpc) is 2.89. The Bertz CT molecular complexity index is 720. The van der Waals surface area contributed by atoms with Crippen LogP contribution in [0.3, 0.4) is 0 Å². The molecule has 0 N–H and O–H groups in total. The summed E-state index contributed by atoms with van der Waals surface area (Å²) in [7, 11) is 1.66. The minimum atomic E-state index is -0.577. The van der Waals surface area contributed by atoms with Crippen molar-refractivity contribution >= 4 is 29.4 Å². The Morgan fingerprint density at radius 3 is 2.75 bits per heavy atom. The second-order valence-corrected chi connectivity index (χ2v) is 6.48. The third-order valence-electron chi connectivity index (χ3n) is 4.17. The van der Waals surface area contributed by atoms with Gasteiger partial charge in [-0.1, -0.05) is 24.1 Å². The van der Waals surface area contributed by atoms with E-state index in [1.165, 1.54) is 9.80 Å². The third-order valence-corrected chi connectivity index (χ3v) is 4.17. The summed E-state index contributed by atoms with van der Waals surface area (Å²) in [4.78, 5) is 32.8. The van der Waals surface area contributed by atoms with Crippen LogP contribution < -0.4 is 0 Å². The van der Waals surface area contributed by atoms with E-state index < -0.39 is 6.04 Å². The van der Waals surface area contributed by atoms with Crippen LogP contribution >= 0.6 is 0 Å². The number of fused-ring (bicyclic) bond motifs is 2. The van der Waals surface area contributed by atoms with Gasteiger partial charge in [0.05, 0.1) is 18.8 Å². The Labute approximate surface area is 141 Å². The fourth-order valence-electron chi connectivity index (χ4n) is 3.18. The number of aliphatic imine (C=N–C) groups is 1. The summed E-state index contributed by atoms with van der Waals surface area (Å²) in [6, 6.07) is -0.940. The van der Waals surface area contributed by atoms with E-state index in [9.17, 15) is 9.59 Å². The molecule has 3 rings (SSSR count). The lowest BCUT2D eigenvalue weighted by Crippen LogP contribution is -2.63. The zero-order chi connectivity index (χ0) is 17.6. The first-order valence-electron chi connectivity index (χ1n) is 8.12. The summed E-state index contributed by atoms with van der Waals surface area (Å²) in [5.74, 6) is 0.873. The normalized spacial score (nSPS) is 23.3. The molecule has 1 unspecified atom stereocenters. The van der Waals surface area contributed by atoms with Crippen molar-refractivity contribution in [2.24, 2.45) is 10.1 Å². The first-order chi connectivity index (χ1) is 11.3. The van der Waals surface area contributed by atoms with Gasteiger partial charge in [0.2, 0.25) is 11.9 Å². The molecule has 1 atom stereocenters. The number of likely N-dealkylation sites (N-methyl/N-ethyl adjacent to an activating group) is 1. The van der Waals surface area contributed by atoms with Crippen LogP contribution in [0.2, 0.25) is 0 Å². The maximum atomic E-state index is 13.0. The Morgan fingerprint density at radius 2 is 2.12 bits per heavy atom. The number of hydrogen-bond donors (Lipinski definition) is 0. The van der Waals surface area contributed by atoms with Crippen molar-refractivity contribution in [3.63, 3.8) is 0 Å². The van der Waals surface area contributed by atoms with Gasteiger partial charge in [0.1, 0.15) is 6.54 Å². The molecule has 0 bridgehead atoms. The van der Waals surface area contributed by atoms with Crippen LogP contribution in [0, 0.1) is 0 Å². The van der Waals surface area contributed by atoms with Gasteiger partial charge in [-0.3, -0.25) is 14.6 Å². The average molecular weight is 331 g/mol. The molecule has 8 nitrogen and oxygen atoms in total. The highest BCUT2D eigenvalue weighted by Crippen LogP contribution is 2.23. The molecule has 0 aliphatic carbocycles. The van der Waals surface area contributed by atoms with E-state index in [2.05, 4.69) is 23.6 Å². The van der Waals surface area contributed by atoms with Gasteiger partial charge < -0.3 is 0 Å². The molecule has 0 radical (unpaired) electrons. The van der Waals surface area contributed by atoms with Crippen molar-refractivity contribution in [2.75, 3.05) is 26.7 Å². The minimum Gasteiger partial charge on any atom is -0.270 e. The number of carbonyl (C=O) groups excluding carboxylic acids is 2. The summed E-state index contributed by atoms with van der Waals surface area (Å²) < 4.78 is 1.93. The minimum absolute atomic E-state index is 0.223. The van der Waals surface area contributed by atoms with Crippen molar-refractivity contribution < 1.29 is 14.2 Å². The third kappa shape index (κ3) is 2.42. The van der Waals surface area contributed by atoms with Crippen LogP contribution in [0.5, 0.6) is 0 Å². The Kier molecular flexibility index (Phi) is 3.98. The van der Waals surface area contributed by atoms with Gasteiger partial charge in [0.25, 0.3) is 5.91 Å². The molecule has 0 spiro atoms. The number of guanidine groups is 1. The molecule has 8 heteroatoms. The van der Waals surface area contributed by atoms with Gasteiger partial charge in [-0.2, -0.15) is 0 Å². The lowest BCUT2D eigenvalue weighted by Gasteiger charge is -2.34. The Hall–Kier alpha value is -2.51. The van der Waals surface area contributed by atoms with E-state index in [0.717, 1.165) is 17.7 Å². The number of hydrogen-bond acceptors (Lipinski definition) is 5. The summed E-state index contributed by atoms with van der Waals surface area (Å²) >= 11 is 0. The Morgan fingerprint density at radius 1 is 1.42 bits per heavy atom. The van der Waals surface area contributed by atoms with Crippen molar-refractivity contribution in [1.82, 2.24) is 14.8 Å². The number of hydrazone groups is 1. The number of urea groups is 1. The van der Waals surface area contributed by atoms with Crippen LogP contribution in [0.25, 0.3) is 0 Å². The summed E-state index contributed by atoms with van der Waals surface area (Å²) in [5, 5.41) is 6.35. The van der Waals surface area contributed by atoms with Crippen LogP contribution in [0.4, 0.5) is 4.79 Å². The predicted octanol–water partition coefficient (Wildman–Crippen LogP) is 0.707. The Balaban J connectivity index is 2.01. The summed E-state index contributed by atoms with van der Waals surface area (Å²) in [6.45, 7) is 11.1. The molecule has 0 saturated carbocycles. The molecule has 3 aliphatic heterocycles. The molecule has 0 aromatic rings. The van der Waals surface area contributed by atoms with Crippen LogP contribution in [-0.2, 0) is 4.79 Å². The monoisotopic (exact) mass is 331 g/mol. The highest BCUT2D eigenvalue weighted by Gasteiger charge is 2.54.